The lowest BCUT2D eigenvalue weighted by Gasteiger charge is -2.23. The van der Waals surface area contributed by atoms with Gasteiger partial charge < -0.3 is 10.5 Å². The summed E-state index contributed by atoms with van der Waals surface area (Å²) in [6, 6.07) is 0. The number of hydrogen-bond acceptors (Lipinski definition) is 5. The first kappa shape index (κ1) is 10.4. The van der Waals surface area contributed by atoms with Crippen molar-refractivity contribution in [3.05, 3.63) is 11.3 Å². The molecule has 1 aromatic rings. The van der Waals surface area contributed by atoms with Gasteiger partial charge in [-0.2, -0.15) is 0 Å². The van der Waals surface area contributed by atoms with Crippen molar-refractivity contribution in [1.29, 1.82) is 0 Å². The van der Waals surface area contributed by atoms with Gasteiger partial charge in [0, 0.05) is 30.4 Å². The smallest absolute Gasteiger partial charge is 0.221 e. The van der Waals surface area contributed by atoms with Gasteiger partial charge in [0.2, 0.25) is 5.95 Å². The quantitative estimate of drug-likeness (QED) is 0.752. The van der Waals surface area contributed by atoms with Crippen LogP contribution in [0.3, 0.4) is 0 Å². The second kappa shape index (κ2) is 4.22. The summed E-state index contributed by atoms with van der Waals surface area (Å²) in [5.74, 6) is 2.06. The Labute approximate surface area is 99.0 Å². The second-order valence-corrected chi connectivity index (χ2v) is 5.32. The summed E-state index contributed by atoms with van der Waals surface area (Å²) in [5.41, 5.74) is 8.30. The van der Waals surface area contributed by atoms with Gasteiger partial charge in [-0.3, -0.25) is 0 Å². The van der Waals surface area contributed by atoms with Crippen molar-refractivity contribution in [1.82, 2.24) is 9.97 Å². The molecule has 3 rings (SSSR count). The highest BCUT2D eigenvalue weighted by Crippen LogP contribution is 2.37. The molecule has 1 saturated heterocycles. The largest absolute Gasteiger partial charge is 0.381 e. The Morgan fingerprint density at radius 1 is 1.25 bits per heavy atom. The van der Waals surface area contributed by atoms with Crippen LogP contribution in [-0.4, -0.2) is 28.9 Å². The number of nitrogen functional groups attached to an aromatic ring is 1. The van der Waals surface area contributed by atoms with Crippen molar-refractivity contribution in [2.45, 2.75) is 30.2 Å². The normalized spacial score (nSPS) is 21.0. The Kier molecular flexibility index (Phi) is 2.73. The van der Waals surface area contributed by atoms with Gasteiger partial charge in [-0.25, -0.2) is 9.97 Å². The van der Waals surface area contributed by atoms with Crippen LogP contribution in [-0.2, 0) is 11.2 Å². The van der Waals surface area contributed by atoms with Crippen molar-refractivity contribution in [3.8, 4) is 0 Å². The lowest BCUT2D eigenvalue weighted by Crippen LogP contribution is -2.17. The van der Waals surface area contributed by atoms with Crippen LogP contribution in [0.25, 0.3) is 0 Å². The number of ether oxygens (including phenoxy) is 1. The van der Waals surface area contributed by atoms with Crippen molar-refractivity contribution in [2.75, 3.05) is 24.7 Å². The maximum atomic E-state index is 5.77. The van der Waals surface area contributed by atoms with E-state index in [-0.39, 0.29) is 0 Å². The van der Waals surface area contributed by atoms with Gasteiger partial charge in [-0.15, -0.1) is 11.8 Å². The Morgan fingerprint density at radius 3 is 2.88 bits per heavy atom. The van der Waals surface area contributed by atoms with E-state index < -0.39 is 0 Å². The van der Waals surface area contributed by atoms with E-state index in [1.807, 2.05) is 0 Å². The summed E-state index contributed by atoms with van der Waals surface area (Å²) in [7, 11) is 0. The highest BCUT2D eigenvalue weighted by atomic mass is 32.2. The molecule has 0 unspecified atom stereocenters. The maximum Gasteiger partial charge on any atom is 0.221 e. The molecule has 1 fully saturated rings. The third kappa shape index (κ3) is 1.78. The molecule has 0 aromatic carbocycles. The average molecular weight is 237 g/mol. The molecule has 0 saturated carbocycles. The molecule has 16 heavy (non-hydrogen) atoms. The van der Waals surface area contributed by atoms with Crippen LogP contribution in [0.4, 0.5) is 5.95 Å². The highest BCUT2D eigenvalue weighted by Gasteiger charge is 2.26. The molecular weight excluding hydrogens is 222 g/mol. The Bertz CT molecular complexity index is 404. The predicted molar refractivity (Wildman–Crippen MR) is 63.7 cm³/mol. The number of nitrogens with two attached hydrogens (primary N) is 1. The fourth-order valence-corrected chi connectivity index (χ4v) is 3.45. The van der Waals surface area contributed by atoms with Gasteiger partial charge in [-0.1, -0.05) is 0 Å². The van der Waals surface area contributed by atoms with Gasteiger partial charge >= 0.3 is 0 Å². The van der Waals surface area contributed by atoms with Crippen LogP contribution in [0, 0.1) is 0 Å². The maximum absolute atomic E-state index is 5.77. The van der Waals surface area contributed by atoms with Gasteiger partial charge in [0.1, 0.15) is 5.03 Å². The zero-order chi connectivity index (χ0) is 11.0. The van der Waals surface area contributed by atoms with Crippen LogP contribution in [0.15, 0.2) is 5.03 Å². The monoisotopic (exact) mass is 237 g/mol. The molecule has 2 N–H and O–H groups in total. The highest BCUT2D eigenvalue weighted by molar-refractivity contribution is 7.99. The number of nitrogens with zero attached hydrogens (tertiary/aromatic N) is 2. The third-order valence-electron chi connectivity index (χ3n) is 3.22. The first-order chi connectivity index (χ1) is 7.84. The van der Waals surface area contributed by atoms with E-state index in [9.17, 15) is 0 Å². The number of rotatable bonds is 1. The van der Waals surface area contributed by atoms with Crippen molar-refractivity contribution in [3.63, 3.8) is 0 Å². The number of thioether (sulfide) groups is 1. The van der Waals surface area contributed by atoms with Crippen LogP contribution in [0.2, 0.25) is 0 Å². The average Bonchev–Trinajstić information content (AvgIpc) is 2.77. The van der Waals surface area contributed by atoms with Gasteiger partial charge in [-0.05, 0) is 19.3 Å². The lowest BCUT2D eigenvalue weighted by atomic mass is 9.92. The predicted octanol–water partition coefficient (Wildman–Crippen LogP) is 1.60. The topological polar surface area (TPSA) is 61.0 Å². The first-order valence-electron chi connectivity index (χ1n) is 5.71. The molecule has 2 aliphatic rings. The van der Waals surface area contributed by atoms with Crippen molar-refractivity contribution >= 4 is 17.7 Å². The van der Waals surface area contributed by atoms with E-state index in [4.69, 9.17) is 10.5 Å². The number of hydrogen-bond donors (Lipinski definition) is 1. The molecule has 86 valence electrons. The minimum Gasteiger partial charge on any atom is -0.381 e. The van der Waals surface area contributed by atoms with E-state index in [1.54, 1.807) is 11.8 Å². The molecule has 0 atom stereocenters. The molecule has 0 bridgehead atoms. The van der Waals surface area contributed by atoms with Gasteiger partial charge in [0.05, 0.1) is 5.69 Å². The van der Waals surface area contributed by atoms with Crippen LogP contribution < -0.4 is 5.73 Å². The minimum absolute atomic E-state index is 0.426. The Morgan fingerprint density at radius 2 is 2.06 bits per heavy atom. The van der Waals surface area contributed by atoms with Gasteiger partial charge in [0.25, 0.3) is 0 Å². The summed E-state index contributed by atoms with van der Waals surface area (Å²) in [6.45, 7) is 1.69. The van der Waals surface area contributed by atoms with Crippen molar-refractivity contribution < 1.29 is 4.74 Å². The van der Waals surface area contributed by atoms with Gasteiger partial charge in [0.15, 0.2) is 0 Å². The molecule has 4 nitrogen and oxygen atoms in total. The van der Waals surface area contributed by atoms with Crippen LogP contribution in [0.5, 0.6) is 0 Å². The fourth-order valence-electron chi connectivity index (χ4n) is 2.41. The molecule has 0 aliphatic carbocycles. The zero-order valence-electron chi connectivity index (χ0n) is 9.11. The van der Waals surface area contributed by atoms with Crippen LogP contribution >= 0.6 is 11.8 Å². The summed E-state index contributed by atoms with van der Waals surface area (Å²) < 4.78 is 5.39. The fraction of sp³-hybridized carbons (Fsp3) is 0.636. The Hall–Kier alpha value is -0.810. The third-order valence-corrected chi connectivity index (χ3v) is 4.24. The van der Waals surface area contributed by atoms with E-state index in [2.05, 4.69) is 9.97 Å². The first-order valence-corrected chi connectivity index (χ1v) is 6.70. The standard InChI is InChI=1S/C11H15N3OS/c12-11-13-9(7-1-4-15-5-2-7)8-3-6-16-10(8)14-11/h7H,1-6H2,(H2,12,13,14). The number of anilines is 1. The van der Waals surface area contributed by atoms with E-state index in [0.717, 1.165) is 43.3 Å². The van der Waals surface area contributed by atoms with Crippen LogP contribution in [0.1, 0.15) is 30.0 Å². The molecule has 0 radical (unpaired) electrons. The number of aromatic nitrogens is 2. The molecule has 0 spiro atoms. The second-order valence-electron chi connectivity index (χ2n) is 4.24. The zero-order valence-corrected chi connectivity index (χ0v) is 9.92. The van der Waals surface area contributed by atoms with Crippen molar-refractivity contribution in [2.24, 2.45) is 0 Å². The molecular formula is C11H15N3OS. The number of fused-ring (bicyclic) bond motifs is 1. The summed E-state index contributed by atoms with van der Waals surface area (Å²) >= 11 is 1.80. The SMILES string of the molecule is Nc1nc2c(c(C3CCOCC3)n1)CCS2. The molecule has 2 aliphatic heterocycles. The minimum atomic E-state index is 0.426. The summed E-state index contributed by atoms with van der Waals surface area (Å²) in [6.07, 6.45) is 3.22. The molecule has 5 heteroatoms. The Balaban J connectivity index is 1.99. The summed E-state index contributed by atoms with van der Waals surface area (Å²) in [5, 5.41) is 1.11. The van der Waals surface area contributed by atoms with E-state index in [0.29, 0.717) is 11.9 Å². The molecule has 3 heterocycles. The molecule has 1 aromatic heterocycles. The van der Waals surface area contributed by atoms with E-state index in [1.165, 1.54) is 11.3 Å². The molecule has 0 amide bonds. The lowest BCUT2D eigenvalue weighted by molar-refractivity contribution is 0.0842. The van der Waals surface area contributed by atoms with E-state index >= 15 is 0 Å². The summed E-state index contributed by atoms with van der Waals surface area (Å²) in [4.78, 5) is 8.77.